The van der Waals surface area contributed by atoms with Crippen LogP contribution in [-0.2, 0) is 0 Å². The number of hydrogen-bond acceptors (Lipinski definition) is 2. The Kier molecular flexibility index (Phi) is 1.12. The molecule has 3 aromatic rings. The summed E-state index contributed by atoms with van der Waals surface area (Å²) in [4.78, 5) is 8.77. The number of hydrogen-bond donors (Lipinski definition) is 2. The second-order valence-corrected chi connectivity index (χ2v) is 4.74. The predicted octanol–water partition coefficient (Wildman–Crippen LogP) is 4.66. The van der Waals surface area contributed by atoms with Gasteiger partial charge in [0.2, 0.25) is 0 Å². The average Bonchev–Trinajstić information content (AvgIpc) is 3.48. The van der Waals surface area contributed by atoms with Crippen LogP contribution in [0.25, 0.3) is 46.3 Å². The van der Waals surface area contributed by atoms with Gasteiger partial charge in [0.05, 0.1) is 39.2 Å². The van der Waals surface area contributed by atoms with Gasteiger partial charge in [-0.15, -0.1) is 0 Å². The van der Waals surface area contributed by atoms with Crippen LogP contribution in [-0.4, -0.2) is 19.9 Å². The largest absolute Gasteiger partial charge is 0.355 e. The molecule has 4 heteroatoms. The van der Waals surface area contributed by atoms with Crippen LogP contribution in [0.15, 0.2) is 48.3 Å². The second-order valence-electron chi connectivity index (χ2n) is 4.74. The standard InChI is InChI=1S/C20H14N4/c1-2-14-10-16-5-6-18(23-16)12-20-8-7-19(24-20)11-17-4-3-15(22-17)9-13(1)21-14/h1-12,21,24H/i1D,2D,3D,4D,5D,6D,7D,8D,9D,10D,11D,12D/hD2. The molecule has 3 aromatic heterocycles. The zero-order valence-electron chi connectivity index (χ0n) is 25.8. The maximum atomic E-state index is 8.54. The van der Waals surface area contributed by atoms with Crippen molar-refractivity contribution in [2.45, 2.75) is 0 Å². The number of H-pyrrole nitrogens is 2. The Balaban J connectivity index is 2.20. The predicted molar refractivity (Wildman–Crippen MR) is 98.9 cm³/mol. The molecule has 2 aliphatic rings. The summed E-state index contributed by atoms with van der Waals surface area (Å²) in [7, 11) is 0. The van der Waals surface area contributed by atoms with Crippen molar-refractivity contribution in [3.8, 4) is 0 Å². The first-order chi connectivity index (χ1) is 17.7. The van der Waals surface area contributed by atoms with Gasteiger partial charge in [-0.05, 0) is 72.5 Å². The van der Waals surface area contributed by atoms with Gasteiger partial charge >= 0.3 is 0 Å². The van der Waals surface area contributed by atoms with E-state index in [9.17, 15) is 0 Å². The summed E-state index contributed by atoms with van der Waals surface area (Å²) in [6, 6.07) is -8.33. The summed E-state index contributed by atoms with van der Waals surface area (Å²) in [5.41, 5.74) is -4.39. The highest BCUT2D eigenvalue weighted by molar-refractivity contribution is 5.77. The minimum Gasteiger partial charge on any atom is -0.355 e. The van der Waals surface area contributed by atoms with E-state index in [-0.39, 0.29) is 0 Å². The van der Waals surface area contributed by atoms with Gasteiger partial charge in [-0.25, -0.2) is 9.97 Å². The first-order valence-electron chi connectivity index (χ1n) is 13.7. The molecular formula is C20H14N4. The first-order valence-corrected chi connectivity index (χ1v) is 6.79. The minimum absolute atomic E-state index is 0.400. The third-order valence-corrected chi connectivity index (χ3v) is 3.04. The highest BCUT2D eigenvalue weighted by Crippen LogP contribution is 2.16. The Hall–Kier alpha value is -3.40. The number of nitrogens with zero attached hydrogens (tertiary/aromatic N) is 2. The van der Waals surface area contributed by atoms with Crippen molar-refractivity contribution in [2.75, 3.05) is 0 Å². The molecule has 0 spiro atoms. The lowest BCUT2D eigenvalue weighted by Gasteiger charge is -1.85. The number of fused-ring (bicyclic) bond motifs is 8. The topological polar surface area (TPSA) is 57.4 Å². The molecular weight excluding hydrogens is 296 g/mol. The maximum Gasteiger partial charge on any atom is 0.167 e. The average molecular weight is 324 g/mol. The van der Waals surface area contributed by atoms with Gasteiger partial charge in [-0.3, -0.25) is 0 Å². The highest BCUT2D eigenvalue weighted by atomic mass is 14.8. The molecule has 0 aliphatic carbocycles. The quantitative estimate of drug-likeness (QED) is 0.632. The molecule has 5 rings (SSSR count). The van der Waals surface area contributed by atoms with Crippen LogP contribution in [0, 0.1) is 0 Å². The van der Waals surface area contributed by atoms with E-state index in [0.717, 1.165) is 0 Å². The van der Waals surface area contributed by atoms with Crippen molar-refractivity contribution in [1.82, 2.24) is 19.9 Å². The van der Waals surface area contributed by atoms with Crippen molar-refractivity contribution in [3.05, 3.63) is 71.1 Å². The number of aromatic amines is 2. The van der Waals surface area contributed by atoms with Crippen molar-refractivity contribution in [1.29, 1.82) is 0 Å². The van der Waals surface area contributed by atoms with Crippen molar-refractivity contribution in [3.63, 3.8) is 0 Å². The van der Waals surface area contributed by atoms with Gasteiger partial charge in [0, 0.05) is 22.1 Å². The molecule has 0 unspecified atom stereocenters. The van der Waals surface area contributed by atoms with Gasteiger partial charge in [0.25, 0.3) is 0 Å². The number of rotatable bonds is 0. The molecule has 0 atom stereocenters. The lowest BCUT2D eigenvalue weighted by atomic mass is 10.3. The van der Waals surface area contributed by atoms with Crippen LogP contribution >= 0.6 is 0 Å². The summed E-state index contributed by atoms with van der Waals surface area (Å²) in [5.74, 6) is 0. The van der Waals surface area contributed by atoms with Crippen LogP contribution in [0.5, 0.6) is 0 Å². The van der Waals surface area contributed by atoms with E-state index < -0.39 is 117 Å². The fraction of sp³-hybridized carbons (Fsp3) is 0. The van der Waals surface area contributed by atoms with Gasteiger partial charge in [-0.1, -0.05) is 0 Å². The van der Waals surface area contributed by atoms with E-state index in [1.165, 1.54) is 0 Å². The summed E-state index contributed by atoms with van der Waals surface area (Å²) < 4.78 is 117. The molecule has 0 fully saturated rings. The SMILES string of the molecule is [2H]C1=C([2H])c2nc1c([2H])c1c([2H])c([2H])c(c([2H])c3nc(c([2H])c4c([2H])c([2H])c(c2[2H])n4[2H])C([2H])=C3[2H])n1[2H]. The Morgan fingerprint density at radius 3 is 1.17 bits per heavy atom. The molecule has 0 radical (unpaired) electrons. The van der Waals surface area contributed by atoms with Gasteiger partial charge in [-0.2, -0.15) is 0 Å². The van der Waals surface area contributed by atoms with Crippen LogP contribution in [0.1, 0.15) is 39.2 Å². The van der Waals surface area contributed by atoms with E-state index in [0.29, 0.717) is 9.95 Å². The third-order valence-electron chi connectivity index (χ3n) is 3.04. The van der Waals surface area contributed by atoms with Crippen molar-refractivity contribution in [2.24, 2.45) is 0 Å². The van der Waals surface area contributed by atoms with Gasteiger partial charge in [0.15, 0.2) is 2.82 Å². The van der Waals surface area contributed by atoms with Crippen LogP contribution in [0.4, 0.5) is 0 Å². The molecule has 4 nitrogen and oxygen atoms in total. The first kappa shape index (κ1) is 5.31. The molecule has 8 bridgehead atoms. The molecule has 0 saturated heterocycles. The van der Waals surface area contributed by atoms with Crippen molar-refractivity contribution >= 4 is 46.3 Å². The van der Waals surface area contributed by atoms with Crippen LogP contribution in [0.2, 0.25) is 2.82 Å². The summed E-state index contributed by atoms with van der Waals surface area (Å²) in [6.07, 6.45) is 0. The zero-order valence-corrected chi connectivity index (χ0v) is 11.8. The van der Waals surface area contributed by atoms with Crippen LogP contribution in [0.3, 0.4) is 0 Å². The highest BCUT2D eigenvalue weighted by Gasteiger charge is 2.00. The zero-order chi connectivity index (χ0) is 28.1. The van der Waals surface area contributed by atoms with Crippen LogP contribution < -0.4 is 0 Å². The lowest BCUT2D eigenvalue weighted by molar-refractivity contribution is 1.31. The maximum absolute atomic E-state index is 8.54. The Bertz CT molecular complexity index is 1610. The Morgan fingerprint density at radius 1 is 0.583 bits per heavy atom. The number of aromatic nitrogens is 4. The molecule has 5 heterocycles. The summed E-state index contributed by atoms with van der Waals surface area (Å²) in [5, 5.41) is 0. The summed E-state index contributed by atoms with van der Waals surface area (Å²) in [6.45, 7) is 0. The Morgan fingerprint density at radius 2 is 0.875 bits per heavy atom. The van der Waals surface area contributed by atoms with Crippen molar-refractivity contribution < 1.29 is 19.3 Å². The minimum atomic E-state index is -0.735. The van der Waals surface area contributed by atoms with E-state index >= 15 is 0 Å². The lowest BCUT2D eigenvalue weighted by Crippen LogP contribution is -1.75. The molecule has 114 valence electrons. The smallest absolute Gasteiger partial charge is 0.167 e. The normalized spacial score (nSPS) is 22.5. The van der Waals surface area contributed by atoms with Gasteiger partial charge < -0.3 is 9.95 Å². The van der Waals surface area contributed by atoms with E-state index in [1.807, 2.05) is 0 Å². The van der Waals surface area contributed by atoms with Gasteiger partial charge in [0.1, 0.15) is 0 Å². The molecule has 0 aromatic carbocycles. The molecule has 24 heavy (non-hydrogen) atoms. The number of nitrogens with one attached hydrogen (secondary N) is 2. The van der Waals surface area contributed by atoms with E-state index in [1.54, 1.807) is 0 Å². The molecule has 0 amide bonds. The molecule has 2 N–H and O–H groups in total. The second kappa shape index (κ2) is 5.06. The summed E-state index contributed by atoms with van der Waals surface area (Å²) >= 11 is 0. The monoisotopic (exact) mass is 324 g/mol. The molecule has 0 saturated carbocycles. The van der Waals surface area contributed by atoms with E-state index in [2.05, 4.69) is 9.97 Å². The fourth-order valence-corrected chi connectivity index (χ4v) is 2.07. The fourth-order valence-electron chi connectivity index (χ4n) is 2.07. The molecule has 2 aliphatic heterocycles. The third kappa shape index (κ3) is 2.44. The van der Waals surface area contributed by atoms with E-state index in [4.69, 9.17) is 19.3 Å². The Labute approximate surface area is 158 Å².